The van der Waals surface area contributed by atoms with Crippen LogP contribution >= 0.6 is 0 Å². The smallest absolute Gasteiger partial charge is 0.322 e. The first-order valence-electron chi connectivity index (χ1n) is 8.95. The summed E-state index contributed by atoms with van der Waals surface area (Å²) >= 11 is 0. The van der Waals surface area contributed by atoms with Crippen LogP contribution in [0.4, 0.5) is 4.79 Å². The Kier molecular flexibility index (Phi) is 4.97. The van der Waals surface area contributed by atoms with E-state index in [-0.39, 0.29) is 22.8 Å². The van der Waals surface area contributed by atoms with Crippen molar-refractivity contribution in [2.24, 2.45) is 5.73 Å². The molecule has 3 amide bonds. The Labute approximate surface area is 155 Å². The van der Waals surface area contributed by atoms with Gasteiger partial charge in [0.25, 0.3) is 5.91 Å². The summed E-state index contributed by atoms with van der Waals surface area (Å²) in [7, 11) is 0. The lowest BCUT2D eigenvalue weighted by atomic mass is 9.78. The number of nitrogens with zero attached hydrogens (tertiary/aromatic N) is 1. The number of primary amides is 1. The number of urea groups is 1. The minimum atomic E-state index is -0.720. The molecule has 1 aromatic rings. The number of nitrogens with two attached hydrogens (primary N) is 1. The maximum absolute atomic E-state index is 12.5. The van der Waals surface area contributed by atoms with E-state index in [4.69, 9.17) is 5.73 Å². The van der Waals surface area contributed by atoms with Crippen molar-refractivity contribution >= 4 is 18.0 Å². The number of hydrogen-bond acceptors (Lipinski definition) is 3. The van der Waals surface area contributed by atoms with Gasteiger partial charge in [-0.05, 0) is 47.9 Å². The van der Waals surface area contributed by atoms with Gasteiger partial charge in [-0.2, -0.15) is 0 Å². The fraction of sp³-hybridized carbons (Fsp3) is 0.524. The van der Waals surface area contributed by atoms with Crippen LogP contribution in [-0.2, 0) is 15.6 Å². The van der Waals surface area contributed by atoms with Crippen LogP contribution in [-0.4, -0.2) is 28.0 Å². The molecule has 1 unspecified atom stereocenters. The number of imide groups is 1. The maximum Gasteiger partial charge on any atom is 0.322 e. The molecule has 1 heterocycles. The molecule has 0 spiro atoms. The summed E-state index contributed by atoms with van der Waals surface area (Å²) in [5.41, 5.74) is 7.91. The van der Waals surface area contributed by atoms with E-state index in [1.165, 1.54) is 0 Å². The summed E-state index contributed by atoms with van der Waals surface area (Å²) in [6.07, 6.45) is 2.28. The molecule has 1 aromatic carbocycles. The van der Waals surface area contributed by atoms with Crippen molar-refractivity contribution < 1.29 is 14.7 Å². The van der Waals surface area contributed by atoms with Gasteiger partial charge in [0.05, 0.1) is 0 Å². The third-order valence-electron chi connectivity index (χ3n) is 4.78. The van der Waals surface area contributed by atoms with Crippen LogP contribution in [0.15, 0.2) is 17.7 Å². The lowest BCUT2D eigenvalue weighted by Crippen LogP contribution is -2.41. The Morgan fingerprint density at radius 3 is 1.96 bits per heavy atom. The van der Waals surface area contributed by atoms with Crippen LogP contribution in [0.25, 0.3) is 6.08 Å². The molecule has 0 radical (unpaired) electrons. The maximum atomic E-state index is 12.5. The number of hydrogen-bond donors (Lipinski definition) is 2. The molecule has 5 nitrogen and oxygen atoms in total. The zero-order valence-electron chi connectivity index (χ0n) is 16.8. The normalized spacial score (nSPS) is 20.1. The molecule has 142 valence electrons. The molecule has 1 aliphatic heterocycles. The van der Waals surface area contributed by atoms with E-state index in [0.29, 0.717) is 17.7 Å². The van der Waals surface area contributed by atoms with E-state index in [0.717, 1.165) is 21.6 Å². The Balaban J connectivity index is 2.61. The number of likely N-dealkylation sites (tertiary alicyclic amines) is 1. The highest BCUT2D eigenvalue weighted by atomic mass is 16.3. The molecule has 2 rings (SSSR count). The topological polar surface area (TPSA) is 83.6 Å². The summed E-state index contributed by atoms with van der Waals surface area (Å²) < 4.78 is 0. The number of carbonyl (C=O) groups excluding carboxylic acids is 2. The molecular weight excluding hydrogens is 328 g/mol. The van der Waals surface area contributed by atoms with Crippen LogP contribution in [0.5, 0.6) is 5.75 Å². The predicted molar refractivity (Wildman–Crippen MR) is 104 cm³/mol. The number of phenolic OH excluding ortho intramolecular Hbond substituents is 1. The molecule has 5 heteroatoms. The summed E-state index contributed by atoms with van der Waals surface area (Å²) in [5, 5.41) is 10.8. The largest absolute Gasteiger partial charge is 0.507 e. The van der Waals surface area contributed by atoms with Crippen molar-refractivity contribution in [2.75, 3.05) is 0 Å². The second-order valence-corrected chi connectivity index (χ2v) is 9.20. The van der Waals surface area contributed by atoms with Gasteiger partial charge in [0.15, 0.2) is 0 Å². The number of phenols is 1. The quantitative estimate of drug-likeness (QED) is 0.742. The van der Waals surface area contributed by atoms with Crippen LogP contribution in [0, 0.1) is 0 Å². The SMILES string of the molecule is CC1CC(=Cc2cc(C(C)(C)C)c(O)c(C(C)(C)C)c2)C(=O)N1C(N)=O. The standard InChI is InChI=1S/C21H30N2O3/c1-12-8-14(18(25)23(12)19(22)26)9-13-10-15(20(2,3)4)17(24)16(11-13)21(5,6)7/h9-12,24H,8H2,1-7H3,(H2,22,26). The van der Waals surface area contributed by atoms with E-state index in [9.17, 15) is 14.7 Å². The zero-order chi connectivity index (χ0) is 20.0. The first kappa shape index (κ1) is 20.0. The van der Waals surface area contributed by atoms with Gasteiger partial charge in [-0.3, -0.25) is 9.69 Å². The van der Waals surface area contributed by atoms with E-state index in [1.807, 2.05) is 66.7 Å². The summed E-state index contributed by atoms with van der Waals surface area (Å²) in [5.74, 6) is -0.0373. The molecule has 26 heavy (non-hydrogen) atoms. The summed E-state index contributed by atoms with van der Waals surface area (Å²) in [6.45, 7) is 14.1. The Bertz CT molecular complexity index is 744. The zero-order valence-corrected chi connectivity index (χ0v) is 16.8. The number of carbonyl (C=O) groups is 2. The molecule has 1 fully saturated rings. The number of aromatic hydroxyl groups is 1. The number of rotatable bonds is 1. The van der Waals surface area contributed by atoms with Crippen LogP contribution in [0.3, 0.4) is 0 Å². The van der Waals surface area contributed by atoms with E-state index in [1.54, 1.807) is 0 Å². The van der Waals surface area contributed by atoms with Crippen molar-refractivity contribution in [3.05, 3.63) is 34.4 Å². The van der Waals surface area contributed by atoms with E-state index < -0.39 is 6.03 Å². The fourth-order valence-electron chi connectivity index (χ4n) is 3.37. The van der Waals surface area contributed by atoms with Gasteiger partial charge in [0, 0.05) is 22.7 Å². The molecule has 1 aliphatic rings. The number of benzene rings is 1. The van der Waals surface area contributed by atoms with Gasteiger partial charge >= 0.3 is 6.03 Å². The summed E-state index contributed by atoms with van der Waals surface area (Å²) in [4.78, 5) is 25.1. The molecular formula is C21H30N2O3. The highest BCUT2D eigenvalue weighted by Gasteiger charge is 2.36. The summed E-state index contributed by atoms with van der Waals surface area (Å²) in [6, 6.07) is 2.88. The Morgan fingerprint density at radius 1 is 1.15 bits per heavy atom. The van der Waals surface area contributed by atoms with Gasteiger partial charge in [0.2, 0.25) is 0 Å². The third-order valence-corrected chi connectivity index (χ3v) is 4.78. The average Bonchev–Trinajstić information content (AvgIpc) is 2.72. The fourth-order valence-corrected chi connectivity index (χ4v) is 3.37. The van der Waals surface area contributed by atoms with Gasteiger partial charge in [0.1, 0.15) is 5.75 Å². The van der Waals surface area contributed by atoms with Crippen molar-refractivity contribution in [3.8, 4) is 5.75 Å². The molecule has 3 N–H and O–H groups in total. The number of amides is 3. The minimum Gasteiger partial charge on any atom is -0.507 e. The van der Waals surface area contributed by atoms with E-state index >= 15 is 0 Å². The van der Waals surface area contributed by atoms with Gasteiger partial charge < -0.3 is 10.8 Å². The second-order valence-electron chi connectivity index (χ2n) is 9.20. The average molecular weight is 358 g/mol. The van der Waals surface area contributed by atoms with Crippen molar-refractivity contribution in [1.82, 2.24) is 4.90 Å². The van der Waals surface area contributed by atoms with Gasteiger partial charge in [-0.25, -0.2) is 4.79 Å². The van der Waals surface area contributed by atoms with Crippen molar-refractivity contribution in [1.29, 1.82) is 0 Å². The monoisotopic (exact) mass is 358 g/mol. The molecule has 0 aliphatic carbocycles. The Morgan fingerprint density at radius 2 is 1.62 bits per heavy atom. The first-order chi connectivity index (χ1) is 11.7. The molecule has 1 saturated heterocycles. The predicted octanol–water partition coefficient (Wildman–Crippen LogP) is 4.07. The van der Waals surface area contributed by atoms with Crippen LogP contribution in [0.1, 0.15) is 71.6 Å². The van der Waals surface area contributed by atoms with Crippen molar-refractivity contribution in [2.45, 2.75) is 71.8 Å². The molecule has 0 saturated carbocycles. The van der Waals surface area contributed by atoms with Gasteiger partial charge in [-0.1, -0.05) is 41.5 Å². The van der Waals surface area contributed by atoms with Crippen LogP contribution < -0.4 is 5.73 Å². The third kappa shape index (κ3) is 3.76. The minimum absolute atomic E-state index is 0.243. The molecule has 1 atom stereocenters. The lowest BCUT2D eigenvalue weighted by molar-refractivity contribution is -0.123. The highest BCUT2D eigenvalue weighted by molar-refractivity contribution is 6.08. The molecule has 0 bridgehead atoms. The lowest BCUT2D eigenvalue weighted by Gasteiger charge is -2.28. The molecule has 0 aromatic heterocycles. The second kappa shape index (κ2) is 6.45. The van der Waals surface area contributed by atoms with Crippen LogP contribution in [0.2, 0.25) is 0 Å². The van der Waals surface area contributed by atoms with E-state index in [2.05, 4.69) is 0 Å². The first-order valence-corrected chi connectivity index (χ1v) is 8.95. The Hall–Kier alpha value is -2.30. The van der Waals surface area contributed by atoms with Crippen molar-refractivity contribution in [3.63, 3.8) is 0 Å². The van der Waals surface area contributed by atoms with Gasteiger partial charge in [-0.15, -0.1) is 0 Å². The highest BCUT2D eigenvalue weighted by Crippen LogP contribution is 2.40.